The van der Waals surface area contributed by atoms with Crippen molar-refractivity contribution in [2.24, 2.45) is 0 Å². The van der Waals surface area contributed by atoms with Crippen LogP contribution < -0.4 is 14.2 Å². The molecule has 0 aliphatic rings. The summed E-state index contributed by atoms with van der Waals surface area (Å²) in [5.41, 5.74) is 5.32. The summed E-state index contributed by atoms with van der Waals surface area (Å²) in [4.78, 5) is 35.3. The maximum atomic E-state index is 11.8. The van der Waals surface area contributed by atoms with E-state index in [2.05, 4.69) is 15.3 Å². The van der Waals surface area contributed by atoms with E-state index in [1.807, 2.05) is 57.6 Å². The monoisotopic (exact) mass is 1170 g/mol. The van der Waals surface area contributed by atoms with E-state index in [4.69, 9.17) is 83.8 Å². The fourth-order valence-electron chi connectivity index (χ4n) is 7.54. The van der Waals surface area contributed by atoms with Crippen molar-refractivity contribution in [1.82, 2.24) is 29.3 Å². The second kappa shape index (κ2) is 27.2. The van der Waals surface area contributed by atoms with Crippen molar-refractivity contribution in [3.8, 4) is 51.0 Å². The second-order valence-corrected chi connectivity index (χ2v) is 19.4. The number of ether oxygens (including phenoxy) is 3. The Labute approximate surface area is 478 Å². The predicted octanol–water partition coefficient (Wildman–Crippen LogP) is 15.2. The largest absolute Gasteiger partial charge is 0.478 e. The van der Waals surface area contributed by atoms with Crippen LogP contribution in [0, 0.1) is 0 Å². The molecular weight excluding hydrogens is 1130 g/mol. The van der Waals surface area contributed by atoms with Crippen LogP contribution in [0.4, 0.5) is 0 Å². The second-order valence-electron chi connectivity index (χ2n) is 16.8. The molecule has 9 rings (SSSR count). The van der Waals surface area contributed by atoms with E-state index in [-0.39, 0.29) is 0 Å². The Bertz CT molecular complexity index is 3130. The Morgan fingerprint density at radius 3 is 0.821 bits per heavy atom. The van der Waals surface area contributed by atoms with Gasteiger partial charge < -0.3 is 29.5 Å². The summed E-state index contributed by atoms with van der Waals surface area (Å²) in [6, 6.07) is 40.0. The fraction of sp³-hybridized carbons (Fsp3) is 0.158. The average molecular weight is 1170 g/mol. The highest BCUT2D eigenvalue weighted by molar-refractivity contribution is 6.32. The number of hydrogen-bond donors (Lipinski definition) is 3. The van der Waals surface area contributed by atoms with Gasteiger partial charge in [-0.15, -0.1) is 0 Å². The number of aromatic nitrogens is 6. The van der Waals surface area contributed by atoms with Crippen LogP contribution in [0.15, 0.2) is 164 Å². The molecule has 0 aliphatic heterocycles. The number of carboxylic acids is 3. The summed E-state index contributed by atoms with van der Waals surface area (Å²) >= 11 is 36.0. The molecule has 15 nitrogen and oxygen atoms in total. The van der Waals surface area contributed by atoms with Crippen LogP contribution in [0.5, 0.6) is 17.2 Å². The van der Waals surface area contributed by atoms with Crippen molar-refractivity contribution in [3.63, 3.8) is 0 Å². The summed E-state index contributed by atoms with van der Waals surface area (Å²) in [5.74, 6) is -2.15. The first kappa shape index (κ1) is 58.2. The van der Waals surface area contributed by atoms with Gasteiger partial charge in [0.25, 0.3) is 0 Å². The van der Waals surface area contributed by atoms with Crippen molar-refractivity contribution in [2.75, 3.05) is 0 Å². The third-order valence-electron chi connectivity index (χ3n) is 11.5. The van der Waals surface area contributed by atoms with Crippen LogP contribution in [0.25, 0.3) is 33.8 Å². The molecule has 0 bridgehead atoms. The first-order chi connectivity index (χ1) is 37.4. The summed E-state index contributed by atoms with van der Waals surface area (Å²) in [6.45, 7) is 8.10. The first-order valence-corrected chi connectivity index (χ1v) is 26.1. The minimum atomic E-state index is -1.18. The van der Waals surface area contributed by atoms with E-state index in [1.54, 1.807) is 141 Å². The number of aliphatic carboxylic acids is 3. The van der Waals surface area contributed by atoms with Gasteiger partial charge in [0.05, 0.1) is 17.1 Å². The number of aryl methyl sites for hydroxylation is 3. The molecule has 0 spiro atoms. The molecule has 0 radical (unpaired) electrons. The average Bonchev–Trinajstić information content (AvgIpc) is 4.24. The van der Waals surface area contributed by atoms with Gasteiger partial charge in [0.15, 0.2) is 0 Å². The maximum absolute atomic E-state index is 11.8. The third kappa shape index (κ3) is 15.4. The van der Waals surface area contributed by atoms with Crippen molar-refractivity contribution in [3.05, 3.63) is 211 Å². The molecule has 3 heterocycles. The van der Waals surface area contributed by atoms with E-state index in [9.17, 15) is 29.7 Å². The lowest BCUT2D eigenvalue weighted by molar-refractivity contribution is -0.146. The summed E-state index contributed by atoms with van der Waals surface area (Å²) in [7, 11) is 0. The Kier molecular flexibility index (Phi) is 20.3. The van der Waals surface area contributed by atoms with Gasteiger partial charge >= 0.3 is 17.9 Å². The molecule has 0 saturated carbocycles. The highest BCUT2D eigenvalue weighted by atomic mass is 35.5. The number of carboxylic acid groups (broad SMARTS) is 3. The molecule has 3 N–H and O–H groups in total. The van der Waals surface area contributed by atoms with E-state index in [1.165, 1.54) is 0 Å². The van der Waals surface area contributed by atoms with E-state index < -0.39 is 36.2 Å². The molecule has 0 amide bonds. The summed E-state index contributed by atoms with van der Waals surface area (Å²) in [5, 5.41) is 45.3. The molecule has 6 aromatic carbocycles. The zero-order valence-electron chi connectivity index (χ0n) is 41.7. The number of nitrogens with zero attached hydrogens (tertiary/aromatic N) is 6. The highest BCUT2D eigenvalue weighted by Crippen LogP contribution is 2.38. The molecule has 78 heavy (non-hydrogen) atoms. The quantitative estimate of drug-likeness (QED) is 0.0737. The van der Waals surface area contributed by atoms with Gasteiger partial charge in [-0.05, 0) is 130 Å². The van der Waals surface area contributed by atoms with Crippen LogP contribution in [0.1, 0.15) is 55.8 Å². The molecule has 0 fully saturated rings. The van der Waals surface area contributed by atoms with Gasteiger partial charge in [0.2, 0.25) is 18.3 Å². The van der Waals surface area contributed by atoms with E-state index in [0.717, 1.165) is 19.6 Å². The van der Waals surface area contributed by atoms with E-state index in [0.29, 0.717) is 97.8 Å². The first-order valence-electron chi connectivity index (χ1n) is 23.9. The zero-order valence-corrected chi connectivity index (χ0v) is 46.2. The standard InChI is InChI=1S/3C19H16Cl2N2O3/c3*1-2-23-10-9-16(22-23)15-11-14(21)7-8-17(15)26-18(19(24)25)12-3-5-13(20)6-4-12/h3*3-11,18H,2H2,1H3,(H,24,25). The van der Waals surface area contributed by atoms with Gasteiger partial charge in [0.1, 0.15) is 17.2 Å². The van der Waals surface area contributed by atoms with Crippen molar-refractivity contribution >= 4 is 87.5 Å². The van der Waals surface area contributed by atoms with Gasteiger partial charge in [-0.2, -0.15) is 15.3 Å². The normalized spacial score (nSPS) is 12.0. The van der Waals surface area contributed by atoms with Crippen LogP contribution >= 0.6 is 69.6 Å². The van der Waals surface area contributed by atoms with Crippen molar-refractivity contribution in [2.45, 2.75) is 58.7 Å². The molecule has 0 aliphatic carbocycles. The van der Waals surface area contributed by atoms with Crippen molar-refractivity contribution < 1.29 is 43.9 Å². The van der Waals surface area contributed by atoms with Crippen LogP contribution in [0.2, 0.25) is 30.1 Å². The van der Waals surface area contributed by atoms with Gasteiger partial charge in [-0.25, -0.2) is 14.4 Å². The summed E-state index contributed by atoms with van der Waals surface area (Å²) < 4.78 is 22.8. The Morgan fingerprint density at radius 2 is 0.615 bits per heavy atom. The molecule has 402 valence electrons. The Hall–Kier alpha value is -7.50. The summed E-state index contributed by atoms with van der Waals surface area (Å²) in [6.07, 6.45) is 1.98. The lowest BCUT2D eigenvalue weighted by Gasteiger charge is -2.18. The molecule has 0 saturated heterocycles. The van der Waals surface area contributed by atoms with E-state index >= 15 is 0 Å². The maximum Gasteiger partial charge on any atom is 0.349 e. The topological polar surface area (TPSA) is 193 Å². The number of hydrogen-bond acceptors (Lipinski definition) is 9. The fourth-order valence-corrected chi connectivity index (χ4v) is 8.43. The van der Waals surface area contributed by atoms with Crippen LogP contribution in [-0.4, -0.2) is 62.6 Å². The van der Waals surface area contributed by atoms with Gasteiger partial charge in [-0.3, -0.25) is 14.0 Å². The molecule has 3 atom stereocenters. The minimum Gasteiger partial charge on any atom is -0.478 e. The SMILES string of the molecule is CCn1ccc(-c2cc(Cl)ccc2OC(C(=O)O)c2ccc(Cl)cc2)n1.CCn1ccc(-c2cc(Cl)ccc2OC(C(=O)O)c2ccc(Cl)cc2)n1.CCn1ccc(-c2cc(Cl)ccc2OC(C(=O)O)c2ccc(Cl)cc2)n1. The molecular formula is C57H48Cl6N6O9. The third-order valence-corrected chi connectivity index (χ3v) is 12.9. The van der Waals surface area contributed by atoms with Crippen LogP contribution in [-0.2, 0) is 34.0 Å². The number of rotatable bonds is 18. The van der Waals surface area contributed by atoms with Crippen molar-refractivity contribution in [1.29, 1.82) is 0 Å². The number of benzene rings is 6. The number of halogens is 6. The minimum absolute atomic E-state index is 0.387. The number of carbonyl (C=O) groups is 3. The molecule has 21 heteroatoms. The highest BCUT2D eigenvalue weighted by Gasteiger charge is 2.27. The Morgan fingerprint density at radius 1 is 0.385 bits per heavy atom. The van der Waals surface area contributed by atoms with Gasteiger partial charge in [0, 0.05) is 102 Å². The molecule has 3 aromatic heterocycles. The zero-order chi connectivity index (χ0) is 56.0. The predicted molar refractivity (Wildman–Crippen MR) is 302 cm³/mol. The smallest absolute Gasteiger partial charge is 0.349 e. The molecule has 9 aromatic rings. The lowest BCUT2D eigenvalue weighted by atomic mass is 10.1. The lowest BCUT2D eigenvalue weighted by Crippen LogP contribution is -2.18. The van der Waals surface area contributed by atoms with Crippen LogP contribution in [0.3, 0.4) is 0 Å². The molecule has 3 unspecified atom stereocenters. The Balaban J connectivity index is 0.000000170. The van der Waals surface area contributed by atoms with Gasteiger partial charge in [-0.1, -0.05) is 106 Å².